The first-order chi connectivity index (χ1) is 8.25. The van der Waals surface area contributed by atoms with E-state index in [4.69, 9.17) is 9.47 Å². The minimum atomic E-state index is -0.408. The van der Waals surface area contributed by atoms with Crippen molar-refractivity contribution in [2.24, 2.45) is 0 Å². The van der Waals surface area contributed by atoms with Crippen LogP contribution >= 0.6 is 0 Å². The second-order valence-electron chi connectivity index (χ2n) is 4.14. The lowest BCUT2D eigenvalue weighted by Crippen LogP contribution is -2.51. The molecule has 1 aromatic rings. The van der Waals surface area contributed by atoms with Gasteiger partial charge in [0, 0.05) is 12.6 Å². The van der Waals surface area contributed by atoms with E-state index in [0.29, 0.717) is 25.6 Å². The van der Waals surface area contributed by atoms with Crippen molar-refractivity contribution in [3.63, 3.8) is 0 Å². The molecule has 0 spiro atoms. The van der Waals surface area contributed by atoms with Gasteiger partial charge in [-0.1, -0.05) is 0 Å². The molecule has 6 heteroatoms. The van der Waals surface area contributed by atoms with E-state index in [1.807, 2.05) is 0 Å². The Morgan fingerprint density at radius 3 is 3.12 bits per heavy atom. The van der Waals surface area contributed by atoms with E-state index >= 15 is 0 Å². The molecule has 1 unspecified atom stereocenters. The van der Waals surface area contributed by atoms with Crippen LogP contribution in [-0.2, 0) is 4.74 Å². The van der Waals surface area contributed by atoms with Crippen LogP contribution in [-0.4, -0.2) is 37.3 Å². The lowest BCUT2D eigenvalue weighted by molar-refractivity contribution is -0.384. The molecule has 1 atom stereocenters. The number of ether oxygens (including phenoxy) is 2. The van der Waals surface area contributed by atoms with Crippen LogP contribution in [0.15, 0.2) is 18.2 Å². The third-order valence-corrected chi connectivity index (χ3v) is 3.12. The summed E-state index contributed by atoms with van der Waals surface area (Å²) in [7, 11) is 0. The zero-order valence-electron chi connectivity index (χ0n) is 9.17. The highest BCUT2D eigenvalue weighted by Gasteiger charge is 2.31. The van der Waals surface area contributed by atoms with Gasteiger partial charge in [0.1, 0.15) is 12.4 Å². The molecule has 0 bridgehead atoms. The molecule has 17 heavy (non-hydrogen) atoms. The van der Waals surface area contributed by atoms with Gasteiger partial charge in [0.05, 0.1) is 35.9 Å². The fourth-order valence-corrected chi connectivity index (χ4v) is 2.27. The zero-order valence-corrected chi connectivity index (χ0v) is 9.17. The van der Waals surface area contributed by atoms with Gasteiger partial charge in [-0.2, -0.15) is 0 Å². The number of anilines is 1. The molecular weight excluding hydrogens is 224 g/mol. The highest BCUT2D eigenvalue weighted by Crippen LogP contribution is 2.37. The van der Waals surface area contributed by atoms with E-state index in [1.54, 1.807) is 6.07 Å². The van der Waals surface area contributed by atoms with Crippen LogP contribution in [0, 0.1) is 10.1 Å². The lowest BCUT2D eigenvalue weighted by atomic mass is 10.1. The molecule has 0 amide bonds. The Morgan fingerprint density at radius 2 is 2.29 bits per heavy atom. The second kappa shape index (κ2) is 3.89. The maximum absolute atomic E-state index is 10.7. The van der Waals surface area contributed by atoms with Crippen LogP contribution in [0.4, 0.5) is 11.4 Å². The first kappa shape index (κ1) is 10.3. The van der Waals surface area contributed by atoms with Crippen molar-refractivity contribution < 1.29 is 14.4 Å². The summed E-state index contributed by atoms with van der Waals surface area (Å²) in [5, 5.41) is 10.7. The third kappa shape index (κ3) is 1.70. The average molecular weight is 236 g/mol. The Labute approximate surface area is 97.9 Å². The number of benzene rings is 1. The second-order valence-corrected chi connectivity index (χ2v) is 4.14. The molecule has 1 aromatic carbocycles. The van der Waals surface area contributed by atoms with E-state index in [9.17, 15) is 10.1 Å². The summed E-state index contributed by atoms with van der Waals surface area (Å²) in [6, 6.07) is 4.98. The first-order valence-electron chi connectivity index (χ1n) is 5.51. The molecule has 2 aliphatic rings. The predicted octanol–water partition coefficient (Wildman–Crippen LogP) is 1.19. The molecule has 2 heterocycles. The number of fused-ring (bicyclic) bond motifs is 3. The van der Waals surface area contributed by atoms with Gasteiger partial charge >= 0.3 is 0 Å². The molecule has 90 valence electrons. The van der Waals surface area contributed by atoms with Crippen molar-refractivity contribution in [2.75, 3.05) is 31.3 Å². The molecule has 0 aliphatic carbocycles. The maximum atomic E-state index is 10.7. The highest BCUT2D eigenvalue weighted by molar-refractivity contribution is 5.64. The van der Waals surface area contributed by atoms with Gasteiger partial charge in [-0.15, -0.1) is 0 Å². The SMILES string of the molecule is O=[N+]([O-])c1ccc2c(c1)OCC1COCCN21. The molecule has 3 rings (SSSR count). The minimum absolute atomic E-state index is 0.0652. The van der Waals surface area contributed by atoms with Gasteiger partial charge in [0.25, 0.3) is 5.69 Å². The lowest BCUT2D eigenvalue weighted by Gasteiger charge is -2.41. The fourth-order valence-electron chi connectivity index (χ4n) is 2.27. The Bertz CT molecular complexity index is 463. The Balaban J connectivity index is 1.97. The summed E-state index contributed by atoms with van der Waals surface area (Å²) in [6.45, 7) is 2.66. The van der Waals surface area contributed by atoms with E-state index in [-0.39, 0.29) is 11.7 Å². The number of hydrogen-bond acceptors (Lipinski definition) is 5. The van der Waals surface area contributed by atoms with E-state index in [1.165, 1.54) is 12.1 Å². The van der Waals surface area contributed by atoms with Crippen molar-refractivity contribution in [1.82, 2.24) is 0 Å². The number of nitro groups is 1. The number of non-ortho nitro benzene ring substituents is 1. The number of rotatable bonds is 1. The molecule has 0 radical (unpaired) electrons. The molecule has 1 saturated heterocycles. The van der Waals surface area contributed by atoms with Crippen molar-refractivity contribution >= 4 is 11.4 Å². The molecule has 1 fully saturated rings. The Hall–Kier alpha value is -1.82. The van der Waals surface area contributed by atoms with Crippen LogP contribution in [0.3, 0.4) is 0 Å². The van der Waals surface area contributed by atoms with Crippen LogP contribution < -0.4 is 9.64 Å². The standard InChI is InChI=1S/C11H12N2O4/c14-13(15)8-1-2-10-11(5-8)17-7-9-6-16-4-3-12(9)10/h1-2,5,9H,3-4,6-7H2. The van der Waals surface area contributed by atoms with E-state index in [0.717, 1.165) is 12.2 Å². The predicted molar refractivity (Wildman–Crippen MR) is 60.5 cm³/mol. The van der Waals surface area contributed by atoms with E-state index in [2.05, 4.69) is 4.90 Å². The first-order valence-corrected chi connectivity index (χ1v) is 5.51. The molecule has 0 aromatic heterocycles. The summed E-state index contributed by atoms with van der Waals surface area (Å²) in [5.41, 5.74) is 0.991. The molecule has 0 N–H and O–H groups in total. The van der Waals surface area contributed by atoms with Gasteiger partial charge in [0.15, 0.2) is 0 Å². The van der Waals surface area contributed by atoms with Crippen molar-refractivity contribution in [2.45, 2.75) is 6.04 Å². The van der Waals surface area contributed by atoms with Crippen LogP contribution in [0.1, 0.15) is 0 Å². The van der Waals surface area contributed by atoms with Crippen LogP contribution in [0.5, 0.6) is 5.75 Å². The molecular formula is C11H12N2O4. The quantitative estimate of drug-likeness (QED) is 0.541. The number of nitro benzene ring substituents is 1. The van der Waals surface area contributed by atoms with Gasteiger partial charge in [-0.3, -0.25) is 10.1 Å². The van der Waals surface area contributed by atoms with Crippen LogP contribution in [0.2, 0.25) is 0 Å². The highest BCUT2D eigenvalue weighted by atomic mass is 16.6. The summed E-state index contributed by atoms with van der Waals surface area (Å²) in [4.78, 5) is 12.5. The normalized spacial score (nSPS) is 22.4. The molecule has 2 aliphatic heterocycles. The van der Waals surface area contributed by atoms with Gasteiger partial charge < -0.3 is 14.4 Å². The Morgan fingerprint density at radius 1 is 1.41 bits per heavy atom. The van der Waals surface area contributed by atoms with Crippen LogP contribution in [0.25, 0.3) is 0 Å². The van der Waals surface area contributed by atoms with Crippen molar-refractivity contribution in [3.05, 3.63) is 28.3 Å². The number of hydrogen-bond donors (Lipinski definition) is 0. The van der Waals surface area contributed by atoms with Gasteiger partial charge in [0.2, 0.25) is 0 Å². The topological polar surface area (TPSA) is 64.8 Å². The molecule has 0 saturated carbocycles. The third-order valence-electron chi connectivity index (χ3n) is 3.12. The zero-order chi connectivity index (χ0) is 11.8. The van der Waals surface area contributed by atoms with Gasteiger partial charge in [-0.25, -0.2) is 0 Å². The summed E-state index contributed by atoms with van der Waals surface area (Å²) >= 11 is 0. The minimum Gasteiger partial charge on any atom is -0.489 e. The number of nitrogens with zero attached hydrogens (tertiary/aromatic N) is 2. The Kier molecular flexibility index (Phi) is 2.36. The summed E-state index contributed by atoms with van der Waals surface area (Å²) in [5.74, 6) is 0.595. The van der Waals surface area contributed by atoms with Gasteiger partial charge in [-0.05, 0) is 6.07 Å². The summed E-state index contributed by atoms with van der Waals surface area (Å²) in [6.07, 6.45) is 0. The average Bonchev–Trinajstić information content (AvgIpc) is 2.38. The van der Waals surface area contributed by atoms with Crippen molar-refractivity contribution in [3.8, 4) is 5.75 Å². The number of morpholine rings is 1. The maximum Gasteiger partial charge on any atom is 0.273 e. The van der Waals surface area contributed by atoms with E-state index < -0.39 is 4.92 Å². The molecule has 6 nitrogen and oxygen atoms in total. The monoisotopic (exact) mass is 236 g/mol. The fraction of sp³-hybridized carbons (Fsp3) is 0.455. The largest absolute Gasteiger partial charge is 0.489 e. The summed E-state index contributed by atoms with van der Waals surface area (Å²) < 4.78 is 10.9. The van der Waals surface area contributed by atoms with Crippen molar-refractivity contribution in [1.29, 1.82) is 0 Å². The smallest absolute Gasteiger partial charge is 0.273 e.